The molecule has 2 aromatic rings. The van der Waals surface area contributed by atoms with E-state index in [-0.39, 0.29) is 5.01 Å². The molecule has 6 heteroatoms. The van der Waals surface area contributed by atoms with Gasteiger partial charge in [-0.2, -0.15) is 0 Å². The molecule has 1 N–H and O–H groups in total. The highest BCUT2D eigenvalue weighted by atomic mass is 32.1. The van der Waals surface area contributed by atoms with Gasteiger partial charge in [-0.1, -0.05) is 0 Å². The second-order valence-electron chi connectivity index (χ2n) is 2.49. The zero-order valence-electron chi connectivity index (χ0n) is 7.22. The Labute approximate surface area is 83.0 Å². The Bertz CT molecular complexity index is 494. The maximum Gasteiger partial charge on any atom is 0.365 e. The number of hydrogen-bond acceptors (Lipinski definition) is 5. The summed E-state index contributed by atoms with van der Waals surface area (Å²) in [5.41, 5.74) is 0.498. The Hall–Kier alpha value is -1.69. The fourth-order valence-electron chi connectivity index (χ4n) is 1.07. The van der Waals surface area contributed by atoms with E-state index in [4.69, 9.17) is 9.84 Å². The van der Waals surface area contributed by atoms with Crippen LogP contribution in [0.3, 0.4) is 0 Å². The van der Waals surface area contributed by atoms with Crippen LogP contribution in [0.4, 0.5) is 0 Å². The Morgan fingerprint density at radius 1 is 1.64 bits per heavy atom. The smallest absolute Gasteiger partial charge is 0.365 e. The topological polar surface area (TPSA) is 72.3 Å². The lowest BCUT2D eigenvalue weighted by Gasteiger charge is -1.96. The van der Waals surface area contributed by atoms with Crippen molar-refractivity contribution in [3.63, 3.8) is 0 Å². The number of nitrogens with zero attached hydrogens (tertiary/aromatic N) is 2. The molecule has 72 valence electrons. The van der Waals surface area contributed by atoms with Gasteiger partial charge in [0.05, 0.1) is 11.8 Å². The average Bonchev–Trinajstić information content (AvgIpc) is 2.60. The largest absolute Gasteiger partial charge is 0.479 e. The Morgan fingerprint density at radius 2 is 2.43 bits per heavy atom. The Balaban J connectivity index is 2.70. The molecule has 2 rings (SSSR count). The van der Waals surface area contributed by atoms with E-state index in [0.29, 0.717) is 11.4 Å². The maximum atomic E-state index is 10.7. The third kappa shape index (κ3) is 1.29. The maximum absolute atomic E-state index is 10.7. The summed E-state index contributed by atoms with van der Waals surface area (Å²) in [5.74, 6) is -0.681. The van der Waals surface area contributed by atoms with Gasteiger partial charge in [0.1, 0.15) is 5.52 Å². The van der Waals surface area contributed by atoms with E-state index in [1.165, 1.54) is 7.11 Å². The van der Waals surface area contributed by atoms with Crippen molar-refractivity contribution in [3.8, 4) is 5.88 Å². The van der Waals surface area contributed by atoms with E-state index in [1.807, 2.05) is 0 Å². The number of methoxy groups -OCH3 is 1. The summed E-state index contributed by atoms with van der Waals surface area (Å²) in [4.78, 5) is 18.5. The predicted octanol–water partition coefficient (Wildman–Crippen LogP) is 1.40. The molecule has 0 fully saturated rings. The summed E-state index contributed by atoms with van der Waals surface area (Å²) in [6.45, 7) is 0. The number of thiazole rings is 1. The van der Waals surface area contributed by atoms with Crippen molar-refractivity contribution in [1.82, 2.24) is 9.97 Å². The second-order valence-corrected chi connectivity index (χ2v) is 3.52. The van der Waals surface area contributed by atoms with Crippen LogP contribution in [0.1, 0.15) is 9.80 Å². The Morgan fingerprint density at radius 3 is 3.07 bits per heavy atom. The summed E-state index contributed by atoms with van der Waals surface area (Å²) in [6.07, 6.45) is 1.56. The number of fused-ring (bicyclic) bond motifs is 1. The minimum atomic E-state index is -1.03. The van der Waals surface area contributed by atoms with Gasteiger partial charge in [-0.15, -0.1) is 11.3 Å². The van der Waals surface area contributed by atoms with Gasteiger partial charge in [0, 0.05) is 6.20 Å². The van der Waals surface area contributed by atoms with Gasteiger partial charge in [-0.05, 0) is 6.07 Å². The Kier molecular flexibility index (Phi) is 2.05. The first-order chi connectivity index (χ1) is 6.72. The van der Waals surface area contributed by atoms with Gasteiger partial charge in [0.25, 0.3) is 0 Å². The average molecular weight is 210 g/mol. The van der Waals surface area contributed by atoms with Crippen LogP contribution in [0.15, 0.2) is 12.3 Å². The molecule has 0 spiro atoms. The SMILES string of the molecule is COc1nccc2sc(C(=O)O)nc12. The highest BCUT2D eigenvalue weighted by Crippen LogP contribution is 2.27. The summed E-state index contributed by atoms with van der Waals surface area (Å²) >= 11 is 1.10. The zero-order valence-corrected chi connectivity index (χ0v) is 8.04. The normalized spacial score (nSPS) is 10.4. The van der Waals surface area contributed by atoms with Crippen molar-refractivity contribution in [1.29, 1.82) is 0 Å². The second kappa shape index (κ2) is 3.22. The van der Waals surface area contributed by atoms with Crippen molar-refractivity contribution >= 4 is 27.5 Å². The lowest BCUT2D eigenvalue weighted by atomic mass is 10.4. The molecule has 14 heavy (non-hydrogen) atoms. The van der Waals surface area contributed by atoms with Crippen LogP contribution in [0, 0.1) is 0 Å². The third-order valence-electron chi connectivity index (χ3n) is 1.65. The number of pyridine rings is 1. The van der Waals surface area contributed by atoms with Gasteiger partial charge in [-0.3, -0.25) is 0 Å². The van der Waals surface area contributed by atoms with E-state index in [9.17, 15) is 4.79 Å². The van der Waals surface area contributed by atoms with Crippen LogP contribution < -0.4 is 4.74 Å². The van der Waals surface area contributed by atoms with Crippen LogP contribution in [0.5, 0.6) is 5.88 Å². The molecule has 0 atom stereocenters. The highest BCUT2D eigenvalue weighted by Gasteiger charge is 2.13. The van der Waals surface area contributed by atoms with E-state index in [2.05, 4.69) is 9.97 Å². The molecule has 0 bridgehead atoms. The van der Waals surface area contributed by atoms with Crippen molar-refractivity contribution in [2.24, 2.45) is 0 Å². The van der Waals surface area contributed by atoms with Crippen molar-refractivity contribution in [2.45, 2.75) is 0 Å². The fraction of sp³-hybridized carbons (Fsp3) is 0.125. The third-order valence-corrected chi connectivity index (χ3v) is 2.66. The molecule has 2 aromatic heterocycles. The van der Waals surface area contributed by atoms with Crippen molar-refractivity contribution < 1.29 is 14.6 Å². The number of aromatic nitrogens is 2. The van der Waals surface area contributed by atoms with Crippen molar-refractivity contribution in [3.05, 3.63) is 17.3 Å². The summed E-state index contributed by atoms with van der Waals surface area (Å²) < 4.78 is 5.72. The minimum absolute atomic E-state index is 0.0475. The number of ether oxygens (including phenoxy) is 1. The lowest BCUT2D eigenvalue weighted by molar-refractivity contribution is 0.0696. The van der Waals surface area contributed by atoms with Gasteiger partial charge in [0.15, 0.2) is 0 Å². The lowest BCUT2D eigenvalue weighted by Crippen LogP contribution is -1.94. The molecule has 0 aliphatic heterocycles. The summed E-state index contributed by atoms with van der Waals surface area (Å²) in [6, 6.07) is 1.71. The van der Waals surface area contributed by atoms with Crippen LogP contribution >= 0.6 is 11.3 Å². The molecule has 0 aliphatic rings. The molecule has 5 nitrogen and oxygen atoms in total. The monoisotopic (exact) mass is 210 g/mol. The van der Waals surface area contributed by atoms with Crippen molar-refractivity contribution in [2.75, 3.05) is 7.11 Å². The fourth-order valence-corrected chi connectivity index (χ4v) is 1.86. The van der Waals surface area contributed by atoms with Gasteiger partial charge in [-0.25, -0.2) is 14.8 Å². The number of carbonyl (C=O) groups is 1. The first-order valence-electron chi connectivity index (χ1n) is 3.75. The van der Waals surface area contributed by atoms with Crippen LogP contribution in [-0.4, -0.2) is 28.2 Å². The summed E-state index contributed by atoms with van der Waals surface area (Å²) in [7, 11) is 1.47. The molecule has 0 aliphatic carbocycles. The van der Waals surface area contributed by atoms with Crippen LogP contribution in [0.2, 0.25) is 0 Å². The van der Waals surface area contributed by atoms with Crippen LogP contribution in [0.25, 0.3) is 10.2 Å². The number of hydrogen-bond donors (Lipinski definition) is 1. The van der Waals surface area contributed by atoms with Gasteiger partial charge in [0.2, 0.25) is 10.9 Å². The van der Waals surface area contributed by atoms with Gasteiger partial charge >= 0.3 is 5.97 Å². The standard InChI is InChI=1S/C8H6N2O3S/c1-13-6-5-4(2-3-9-6)14-7(10-5)8(11)12/h2-3H,1H3,(H,11,12). The molecule has 2 heterocycles. The number of aromatic carboxylic acids is 1. The predicted molar refractivity (Wildman–Crippen MR) is 50.9 cm³/mol. The number of carboxylic acids is 1. The molecular formula is C8H6N2O3S. The molecule has 0 aromatic carbocycles. The van der Waals surface area contributed by atoms with Crippen LogP contribution in [-0.2, 0) is 0 Å². The first kappa shape index (κ1) is 8.89. The van der Waals surface area contributed by atoms with E-state index in [0.717, 1.165) is 16.0 Å². The van der Waals surface area contributed by atoms with E-state index in [1.54, 1.807) is 12.3 Å². The molecule has 0 saturated heterocycles. The highest BCUT2D eigenvalue weighted by molar-refractivity contribution is 7.20. The zero-order chi connectivity index (χ0) is 10.1. The summed E-state index contributed by atoms with van der Waals surface area (Å²) in [5, 5.41) is 8.78. The number of carboxylic acid groups (broad SMARTS) is 1. The minimum Gasteiger partial charge on any atom is -0.479 e. The molecule has 0 amide bonds. The first-order valence-corrected chi connectivity index (χ1v) is 4.57. The van der Waals surface area contributed by atoms with E-state index >= 15 is 0 Å². The molecule has 0 saturated carbocycles. The molecule has 0 unspecified atom stereocenters. The van der Waals surface area contributed by atoms with Gasteiger partial charge < -0.3 is 9.84 Å². The van der Waals surface area contributed by atoms with E-state index < -0.39 is 5.97 Å². The molecule has 0 radical (unpaired) electrons. The quantitative estimate of drug-likeness (QED) is 0.811. The number of rotatable bonds is 2. The molecular weight excluding hydrogens is 204 g/mol.